The van der Waals surface area contributed by atoms with Crippen molar-refractivity contribution in [2.24, 2.45) is 5.73 Å². The molecular formula is C15H21N3O3. The van der Waals surface area contributed by atoms with E-state index in [1.165, 1.54) is 11.1 Å². The Morgan fingerprint density at radius 1 is 1.52 bits per heavy atom. The number of aliphatic carboxylic acids is 1. The van der Waals surface area contributed by atoms with Gasteiger partial charge in [-0.15, -0.1) is 0 Å². The molecule has 21 heavy (non-hydrogen) atoms. The van der Waals surface area contributed by atoms with Crippen LogP contribution in [0, 0.1) is 0 Å². The van der Waals surface area contributed by atoms with Crippen LogP contribution in [0.3, 0.4) is 0 Å². The quantitative estimate of drug-likeness (QED) is 0.854. The third kappa shape index (κ3) is 2.76. The standard InChI is InChI=1S/C15H21N3O3/c1-2-5-15(14(20)21)6-3-8-18(15)13(19)11-4-7-17-12(9-11)10-16/h4,7,9H,2-3,5-6,8,10,16H2,1H3,(H,20,21). The highest BCUT2D eigenvalue weighted by atomic mass is 16.4. The maximum Gasteiger partial charge on any atom is 0.329 e. The molecule has 114 valence electrons. The third-order valence-corrected chi connectivity index (χ3v) is 4.07. The molecule has 0 aliphatic carbocycles. The minimum Gasteiger partial charge on any atom is -0.479 e. The number of carboxylic acids is 1. The molecule has 1 aromatic rings. The van der Waals surface area contributed by atoms with E-state index in [0.717, 1.165) is 6.42 Å². The molecule has 1 amide bonds. The minimum atomic E-state index is -1.07. The molecule has 2 heterocycles. The van der Waals surface area contributed by atoms with E-state index in [9.17, 15) is 14.7 Å². The zero-order chi connectivity index (χ0) is 15.5. The lowest BCUT2D eigenvalue weighted by Gasteiger charge is -2.34. The van der Waals surface area contributed by atoms with Crippen LogP contribution in [0.2, 0.25) is 0 Å². The Bertz CT molecular complexity index is 547. The van der Waals surface area contributed by atoms with Gasteiger partial charge in [0.1, 0.15) is 5.54 Å². The molecule has 0 radical (unpaired) electrons. The van der Waals surface area contributed by atoms with Crippen LogP contribution in [-0.4, -0.2) is 39.0 Å². The Morgan fingerprint density at radius 3 is 2.90 bits per heavy atom. The van der Waals surface area contributed by atoms with Crippen LogP contribution in [0.25, 0.3) is 0 Å². The van der Waals surface area contributed by atoms with Crippen LogP contribution in [0.4, 0.5) is 0 Å². The number of hydrogen-bond acceptors (Lipinski definition) is 4. The lowest BCUT2D eigenvalue weighted by atomic mass is 9.90. The van der Waals surface area contributed by atoms with Gasteiger partial charge in [0, 0.05) is 24.8 Å². The Balaban J connectivity index is 2.34. The Morgan fingerprint density at radius 2 is 2.29 bits per heavy atom. The Kier molecular flexibility index (Phi) is 4.57. The van der Waals surface area contributed by atoms with E-state index in [0.29, 0.717) is 37.1 Å². The van der Waals surface area contributed by atoms with Gasteiger partial charge in [-0.05, 0) is 31.4 Å². The third-order valence-electron chi connectivity index (χ3n) is 4.07. The molecule has 0 saturated carbocycles. The number of pyridine rings is 1. The monoisotopic (exact) mass is 291 g/mol. The average molecular weight is 291 g/mol. The molecule has 6 heteroatoms. The van der Waals surface area contributed by atoms with E-state index in [1.807, 2.05) is 6.92 Å². The summed E-state index contributed by atoms with van der Waals surface area (Å²) in [6.45, 7) is 2.66. The lowest BCUT2D eigenvalue weighted by Crippen LogP contribution is -2.53. The summed E-state index contributed by atoms with van der Waals surface area (Å²) in [5.74, 6) is -1.16. The second-order valence-electron chi connectivity index (χ2n) is 5.39. The summed E-state index contributed by atoms with van der Waals surface area (Å²) in [5, 5.41) is 9.64. The van der Waals surface area contributed by atoms with Gasteiger partial charge in [0.2, 0.25) is 0 Å². The Hall–Kier alpha value is -1.95. The summed E-state index contributed by atoms with van der Waals surface area (Å²) in [5.41, 5.74) is 5.54. The molecular weight excluding hydrogens is 270 g/mol. The van der Waals surface area contributed by atoms with Crippen LogP contribution in [0.5, 0.6) is 0 Å². The van der Waals surface area contributed by atoms with E-state index in [1.54, 1.807) is 12.1 Å². The van der Waals surface area contributed by atoms with E-state index in [2.05, 4.69) is 4.98 Å². The molecule has 3 N–H and O–H groups in total. The first-order valence-corrected chi connectivity index (χ1v) is 7.25. The van der Waals surface area contributed by atoms with Crippen molar-refractivity contribution in [3.63, 3.8) is 0 Å². The molecule has 1 atom stereocenters. The second kappa shape index (κ2) is 6.22. The zero-order valence-electron chi connectivity index (χ0n) is 12.2. The first-order chi connectivity index (χ1) is 10.0. The topological polar surface area (TPSA) is 96.5 Å². The van der Waals surface area contributed by atoms with Crippen LogP contribution in [0.1, 0.15) is 48.7 Å². The van der Waals surface area contributed by atoms with Crippen molar-refractivity contribution in [3.05, 3.63) is 29.6 Å². The fourth-order valence-electron chi connectivity index (χ4n) is 3.06. The van der Waals surface area contributed by atoms with Gasteiger partial charge < -0.3 is 15.7 Å². The molecule has 6 nitrogen and oxygen atoms in total. The van der Waals surface area contributed by atoms with E-state index in [4.69, 9.17) is 5.73 Å². The summed E-state index contributed by atoms with van der Waals surface area (Å²) in [4.78, 5) is 30.0. The highest BCUT2D eigenvalue weighted by Crippen LogP contribution is 2.35. The predicted octanol–water partition coefficient (Wildman–Crippen LogP) is 1.40. The van der Waals surface area contributed by atoms with E-state index >= 15 is 0 Å². The van der Waals surface area contributed by atoms with Crippen molar-refractivity contribution < 1.29 is 14.7 Å². The predicted molar refractivity (Wildman–Crippen MR) is 77.7 cm³/mol. The van der Waals surface area contributed by atoms with Gasteiger partial charge >= 0.3 is 5.97 Å². The van der Waals surface area contributed by atoms with Crippen LogP contribution in [-0.2, 0) is 11.3 Å². The second-order valence-corrected chi connectivity index (χ2v) is 5.39. The van der Waals surface area contributed by atoms with E-state index in [-0.39, 0.29) is 12.5 Å². The van der Waals surface area contributed by atoms with Crippen LogP contribution < -0.4 is 5.73 Å². The number of rotatable bonds is 5. The SMILES string of the molecule is CCCC1(C(=O)O)CCCN1C(=O)c1ccnc(CN)c1. The zero-order valence-corrected chi connectivity index (χ0v) is 12.2. The molecule has 2 rings (SSSR count). The number of carbonyl (C=O) groups is 2. The highest BCUT2D eigenvalue weighted by Gasteiger charge is 2.49. The molecule has 1 aliphatic rings. The summed E-state index contributed by atoms with van der Waals surface area (Å²) in [6.07, 6.45) is 3.96. The first kappa shape index (κ1) is 15.4. The van der Waals surface area contributed by atoms with Crippen molar-refractivity contribution >= 4 is 11.9 Å². The van der Waals surface area contributed by atoms with Gasteiger partial charge in [0.05, 0.1) is 5.69 Å². The van der Waals surface area contributed by atoms with Gasteiger partial charge in [-0.3, -0.25) is 9.78 Å². The van der Waals surface area contributed by atoms with Crippen molar-refractivity contribution in [3.8, 4) is 0 Å². The van der Waals surface area contributed by atoms with Gasteiger partial charge in [0.25, 0.3) is 5.91 Å². The van der Waals surface area contributed by atoms with E-state index < -0.39 is 11.5 Å². The van der Waals surface area contributed by atoms with Crippen molar-refractivity contribution in [1.82, 2.24) is 9.88 Å². The van der Waals surface area contributed by atoms with Crippen molar-refractivity contribution in [2.45, 2.75) is 44.7 Å². The lowest BCUT2D eigenvalue weighted by molar-refractivity contribution is -0.148. The largest absolute Gasteiger partial charge is 0.479 e. The highest BCUT2D eigenvalue weighted by molar-refractivity contribution is 5.98. The fraction of sp³-hybridized carbons (Fsp3) is 0.533. The summed E-state index contributed by atoms with van der Waals surface area (Å²) in [6, 6.07) is 3.25. The first-order valence-electron chi connectivity index (χ1n) is 7.25. The summed E-state index contributed by atoms with van der Waals surface area (Å²) < 4.78 is 0. The number of amides is 1. The van der Waals surface area contributed by atoms with Gasteiger partial charge in [-0.2, -0.15) is 0 Å². The maximum atomic E-state index is 12.7. The number of nitrogens with two attached hydrogens (primary N) is 1. The van der Waals surface area contributed by atoms with Crippen molar-refractivity contribution in [1.29, 1.82) is 0 Å². The van der Waals surface area contributed by atoms with Gasteiger partial charge in [-0.1, -0.05) is 13.3 Å². The summed E-state index contributed by atoms with van der Waals surface area (Å²) >= 11 is 0. The molecule has 1 aromatic heterocycles. The molecule has 0 spiro atoms. The number of carbonyl (C=O) groups excluding carboxylic acids is 1. The number of nitrogens with zero attached hydrogens (tertiary/aromatic N) is 2. The van der Waals surface area contributed by atoms with Gasteiger partial charge in [0.15, 0.2) is 0 Å². The molecule has 1 aliphatic heterocycles. The number of hydrogen-bond donors (Lipinski definition) is 2. The molecule has 0 bridgehead atoms. The van der Waals surface area contributed by atoms with Crippen LogP contribution in [0.15, 0.2) is 18.3 Å². The van der Waals surface area contributed by atoms with Crippen LogP contribution >= 0.6 is 0 Å². The molecule has 1 saturated heterocycles. The molecule has 1 fully saturated rings. The van der Waals surface area contributed by atoms with Crippen molar-refractivity contribution in [2.75, 3.05) is 6.54 Å². The Labute approximate surface area is 124 Å². The average Bonchev–Trinajstić information content (AvgIpc) is 2.92. The minimum absolute atomic E-state index is 0.250. The normalized spacial score (nSPS) is 21.5. The maximum absolute atomic E-state index is 12.7. The smallest absolute Gasteiger partial charge is 0.329 e. The number of likely N-dealkylation sites (tertiary alicyclic amines) is 1. The number of aromatic nitrogens is 1. The molecule has 0 aromatic carbocycles. The fourth-order valence-corrected chi connectivity index (χ4v) is 3.06. The molecule has 1 unspecified atom stereocenters. The summed E-state index contributed by atoms with van der Waals surface area (Å²) in [7, 11) is 0. The number of carboxylic acid groups (broad SMARTS) is 1. The van der Waals surface area contributed by atoms with Gasteiger partial charge in [-0.25, -0.2) is 4.79 Å².